The van der Waals surface area contributed by atoms with E-state index in [0.717, 1.165) is 40.1 Å². The van der Waals surface area contributed by atoms with Crippen molar-refractivity contribution in [2.75, 3.05) is 5.32 Å². The van der Waals surface area contributed by atoms with Crippen LogP contribution in [0.3, 0.4) is 0 Å². The molecule has 0 radical (unpaired) electrons. The van der Waals surface area contributed by atoms with E-state index < -0.39 is 0 Å². The lowest BCUT2D eigenvalue weighted by atomic mass is 9.80. The number of hydrogen-bond donors (Lipinski definition) is 1. The number of rotatable bonds is 6. The smallest absolute Gasteiger partial charge is 0.223 e. The maximum absolute atomic E-state index is 11.3. The first-order valence-corrected chi connectivity index (χ1v) is 10.8. The molecule has 2 aromatic carbocycles. The Morgan fingerprint density at radius 3 is 2.63 bits per heavy atom. The van der Waals surface area contributed by atoms with Crippen molar-refractivity contribution in [1.29, 1.82) is 0 Å². The van der Waals surface area contributed by atoms with E-state index in [4.69, 9.17) is 4.98 Å². The highest BCUT2D eigenvalue weighted by Gasteiger charge is 2.20. The second-order valence-electron chi connectivity index (χ2n) is 7.99. The van der Waals surface area contributed by atoms with Crippen molar-refractivity contribution < 1.29 is 4.79 Å². The average molecular weight is 417 g/mol. The summed E-state index contributed by atoms with van der Waals surface area (Å²) < 4.78 is 1.02. The summed E-state index contributed by atoms with van der Waals surface area (Å²) >= 11 is 1.46. The first-order chi connectivity index (χ1) is 14.4. The van der Waals surface area contributed by atoms with Crippen molar-refractivity contribution >= 4 is 32.6 Å². The lowest BCUT2D eigenvalue weighted by molar-refractivity contribution is -0.114. The maximum atomic E-state index is 11.3. The second kappa shape index (κ2) is 8.32. The largest absolute Gasteiger partial charge is 0.302 e. The number of aromatic nitrogens is 3. The maximum Gasteiger partial charge on any atom is 0.223 e. The molecule has 0 aliphatic carbocycles. The predicted octanol–water partition coefficient (Wildman–Crippen LogP) is 5.62. The van der Waals surface area contributed by atoms with Gasteiger partial charge in [0.25, 0.3) is 0 Å². The van der Waals surface area contributed by atoms with Crippen LogP contribution in [0.1, 0.15) is 38.6 Å². The van der Waals surface area contributed by atoms with Crippen LogP contribution in [0, 0.1) is 0 Å². The minimum absolute atomic E-state index is 0.0578. The summed E-state index contributed by atoms with van der Waals surface area (Å²) in [6, 6.07) is 18.6. The van der Waals surface area contributed by atoms with Gasteiger partial charge in [0.15, 0.2) is 5.13 Å². The molecule has 2 aromatic heterocycles. The van der Waals surface area contributed by atoms with Crippen LogP contribution in [-0.4, -0.2) is 20.9 Å². The molecule has 0 spiro atoms. The molecule has 0 aliphatic rings. The van der Waals surface area contributed by atoms with E-state index in [1.165, 1.54) is 23.8 Å². The number of amides is 1. The Labute approximate surface area is 180 Å². The van der Waals surface area contributed by atoms with Crippen LogP contribution in [0.5, 0.6) is 0 Å². The molecule has 0 unspecified atom stereocenters. The highest BCUT2D eigenvalue weighted by Crippen LogP contribution is 2.31. The number of hydrogen-bond acceptors (Lipinski definition) is 5. The number of carbonyl (C=O) groups is 1. The number of carbonyl (C=O) groups excluding carboxylic acids is 1. The van der Waals surface area contributed by atoms with E-state index in [1.807, 2.05) is 30.5 Å². The van der Waals surface area contributed by atoms with Crippen LogP contribution in [0.2, 0.25) is 0 Å². The quantitative estimate of drug-likeness (QED) is 0.443. The molecule has 0 saturated heterocycles. The Morgan fingerprint density at radius 2 is 1.87 bits per heavy atom. The number of benzene rings is 2. The lowest BCUT2D eigenvalue weighted by Gasteiger charge is -2.25. The van der Waals surface area contributed by atoms with Crippen LogP contribution in [-0.2, 0) is 16.6 Å². The predicted molar refractivity (Wildman–Crippen MR) is 123 cm³/mol. The summed E-state index contributed by atoms with van der Waals surface area (Å²) in [5.74, 6) is 0.730. The highest BCUT2D eigenvalue weighted by atomic mass is 32.1. The van der Waals surface area contributed by atoms with Crippen molar-refractivity contribution in [3.8, 4) is 11.3 Å². The first kappa shape index (κ1) is 20.2. The third-order valence-corrected chi connectivity index (χ3v) is 6.14. The third-order valence-electron chi connectivity index (χ3n) is 5.20. The molecule has 4 aromatic rings. The van der Waals surface area contributed by atoms with Crippen molar-refractivity contribution in [2.45, 2.75) is 39.0 Å². The molecule has 30 heavy (non-hydrogen) atoms. The van der Waals surface area contributed by atoms with Gasteiger partial charge in [-0.15, -0.1) is 0 Å². The molecule has 4 rings (SSSR count). The van der Waals surface area contributed by atoms with Crippen LogP contribution >= 0.6 is 11.3 Å². The molecule has 2 heterocycles. The second-order valence-corrected chi connectivity index (χ2v) is 9.02. The Kier molecular flexibility index (Phi) is 5.59. The van der Waals surface area contributed by atoms with E-state index in [1.54, 1.807) is 0 Å². The van der Waals surface area contributed by atoms with Gasteiger partial charge in [0.2, 0.25) is 5.91 Å². The molecule has 0 atom stereocenters. The summed E-state index contributed by atoms with van der Waals surface area (Å²) in [4.78, 5) is 25.0. The molecule has 152 valence electrons. The van der Waals surface area contributed by atoms with Crippen molar-refractivity contribution in [3.05, 3.63) is 72.2 Å². The fourth-order valence-electron chi connectivity index (χ4n) is 3.43. The summed E-state index contributed by atoms with van der Waals surface area (Å²) in [6.45, 7) is 6.01. The van der Waals surface area contributed by atoms with E-state index in [0.29, 0.717) is 5.13 Å². The normalized spacial score (nSPS) is 11.6. The number of anilines is 1. The molecule has 5 nitrogen and oxygen atoms in total. The molecule has 1 amide bonds. The number of fused-ring (bicyclic) bond motifs is 1. The number of nitrogens with zero attached hydrogens (tertiary/aromatic N) is 3. The molecule has 1 N–H and O–H groups in total. The Hall–Kier alpha value is -3.12. The minimum Gasteiger partial charge on any atom is -0.302 e. The average Bonchev–Trinajstić information content (AvgIpc) is 3.14. The number of nitrogens with one attached hydrogen (secondary N) is 1. The summed E-state index contributed by atoms with van der Waals surface area (Å²) in [6.07, 6.45) is 3.60. The van der Waals surface area contributed by atoms with Gasteiger partial charge in [-0.2, -0.15) is 0 Å². The number of aryl methyl sites for hydroxylation is 1. The van der Waals surface area contributed by atoms with E-state index in [-0.39, 0.29) is 11.3 Å². The topological polar surface area (TPSA) is 67.8 Å². The van der Waals surface area contributed by atoms with Crippen molar-refractivity contribution in [2.24, 2.45) is 0 Å². The van der Waals surface area contributed by atoms with E-state index >= 15 is 0 Å². The Bertz CT molecular complexity index is 1180. The summed E-state index contributed by atoms with van der Waals surface area (Å²) in [5.41, 5.74) is 4.17. The zero-order valence-electron chi connectivity index (χ0n) is 17.3. The van der Waals surface area contributed by atoms with E-state index in [2.05, 4.69) is 59.5 Å². The van der Waals surface area contributed by atoms with Crippen molar-refractivity contribution in [3.63, 3.8) is 0 Å². The van der Waals surface area contributed by atoms with Crippen LogP contribution in [0.25, 0.3) is 21.5 Å². The minimum atomic E-state index is -0.117. The summed E-state index contributed by atoms with van der Waals surface area (Å²) in [5, 5.41) is 3.36. The lowest BCUT2D eigenvalue weighted by Crippen LogP contribution is -2.18. The molecule has 0 saturated carbocycles. The molecule has 6 heteroatoms. The van der Waals surface area contributed by atoms with Gasteiger partial charge in [-0.1, -0.05) is 61.6 Å². The Morgan fingerprint density at radius 1 is 1.07 bits per heavy atom. The standard InChI is InChI=1S/C24H24N4OS/c1-16(29)26-23-28-20-10-9-17(15-21(20)30-23)19-12-14-25-22(27-19)11-13-24(2,3)18-7-5-4-6-8-18/h4-10,12,14-15H,11,13H2,1-3H3,(H,26,28,29). The van der Waals surface area contributed by atoms with Gasteiger partial charge < -0.3 is 5.32 Å². The molecule has 0 bridgehead atoms. The molecule has 0 aliphatic heterocycles. The van der Waals surface area contributed by atoms with Gasteiger partial charge in [-0.05, 0) is 35.6 Å². The zero-order valence-corrected chi connectivity index (χ0v) is 18.2. The van der Waals surface area contributed by atoms with Gasteiger partial charge in [-0.3, -0.25) is 4.79 Å². The summed E-state index contributed by atoms with van der Waals surface area (Å²) in [7, 11) is 0. The fourth-order valence-corrected chi connectivity index (χ4v) is 4.38. The van der Waals surface area contributed by atoms with Gasteiger partial charge in [-0.25, -0.2) is 15.0 Å². The van der Waals surface area contributed by atoms with Crippen LogP contribution in [0.4, 0.5) is 5.13 Å². The molecule has 0 fully saturated rings. The highest BCUT2D eigenvalue weighted by molar-refractivity contribution is 7.22. The monoisotopic (exact) mass is 416 g/mol. The molecular formula is C24H24N4OS. The first-order valence-electron chi connectivity index (χ1n) is 9.97. The molecular weight excluding hydrogens is 392 g/mol. The number of thiazole rings is 1. The van der Waals surface area contributed by atoms with Gasteiger partial charge in [0.05, 0.1) is 15.9 Å². The van der Waals surface area contributed by atoms with E-state index in [9.17, 15) is 4.79 Å². The zero-order chi connectivity index (χ0) is 21.1. The van der Waals surface area contributed by atoms with Gasteiger partial charge >= 0.3 is 0 Å². The van der Waals surface area contributed by atoms with Crippen molar-refractivity contribution in [1.82, 2.24) is 15.0 Å². The third kappa shape index (κ3) is 4.54. The van der Waals surface area contributed by atoms with Gasteiger partial charge in [0, 0.05) is 25.1 Å². The SMILES string of the molecule is CC(=O)Nc1nc2ccc(-c3ccnc(CCC(C)(C)c4ccccc4)n3)cc2s1. The fraction of sp³-hybridized carbons (Fsp3) is 0.250. The van der Waals surface area contributed by atoms with Gasteiger partial charge in [0.1, 0.15) is 5.82 Å². The van der Waals surface area contributed by atoms with Crippen LogP contribution < -0.4 is 5.32 Å². The Balaban J connectivity index is 1.53. The van der Waals surface area contributed by atoms with Crippen LogP contribution in [0.15, 0.2) is 60.8 Å².